The lowest BCUT2D eigenvalue weighted by atomic mass is 10.2. The summed E-state index contributed by atoms with van der Waals surface area (Å²) in [6.45, 7) is 3.52. The Hall–Kier alpha value is -2.08. The highest BCUT2D eigenvalue weighted by Gasteiger charge is 2.15. The van der Waals surface area contributed by atoms with Crippen molar-refractivity contribution in [3.63, 3.8) is 0 Å². The smallest absolute Gasteiger partial charge is 0.281 e. The summed E-state index contributed by atoms with van der Waals surface area (Å²) >= 11 is 1.33. The highest BCUT2D eigenvalue weighted by molar-refractivity contribution is 7.12. The lowest BCUT2D eigenvalue weighted by molar-refractivity contribution is -0.124. The van der Waals surface area contributed by atoms with Gasteiger partial charge in [-0.15, -0.1) is 11.3 Å². The van der Waals surface area contributed by atoms with Gasteiger partial charge in [0.1, 0.15) is 4.88 Å². The first kappa shape index (κ1) is 13.4. The maximum atomic E-state index is 12.0. The molecule has 2 aromatic heterocycles. The maximum Gasteiger partial charge on any atom is 0.281 e. The summed E-state index contributed by atoms with van der Waals surface area (Å²) in [5.41, 5.74) is 5.63. The molecule has 2 amide bonds. The molecule has 0 saturated heterocycles. The van der Waals surface area contributed by atoms with Crippen LogP contribution < -0.4 is 10.9 Å². The van der Waals surface area contributed by atoms with Crippen LogP contribution in [0, 0.1) is 5.92 Å². The first-order valence-electron chi connectivity index (χ1n) is 5.90. The molecular weight excluding hydrogens is 262 g/mol. The van der Waals surface area contributed by atoms with E-state index in [1.165, 1.54) is 11.3 Å². The van der Waals surface area contributed by atoms with E-state index >= 15 is 0 Å². The van der Waals surface area contributed by atoms with Gasteiger partial charge in [-0.25, -0.2) is 0 Å². The molecule has 2 aromatic rings. The van der Waals surface area contributed by atoms with E-state index in [1.54, 1.807) is 13.8 Å². The van der Waals surface area contributed by atoms with Gasteiger partial charge in [0, 0.05) is 18.3 Å². The number of hydrogen-bond donors (Lipinski definition) is 2. The molecule has 0 fully saturated rings. The number of rotatable bonds is 3. The second kappa shape index (κ2) is 5.71. The zero-order chi connectivity index (χ0) is 13.8. The van der Waals surface area contributed by atoms with Gasteiger partial charge in [-0.1, -0.05) is 13.8 Å². The SMILES string of the molecule is CC(C)C(=O)NNC(=O)c1sccc1-n1cccc1. The van der Waals surface area contributed by atoms with Gasteiger partial charge < -0.3 is 4.57 Å². The summed E-state index contributed by atoms with van der Waals surface area (Å²) in [6.07, 6.45) is 3.73. The molecule has 0 atom stereocenters. The van der Waals surface area contributed by atoms with Crippen molar-refractivity contribution < 1.29 is 9.59 Å². The topological polar surface area (TPSA) is 63.1 Å². The molecule has 2 rings (SSSR count). The molecule has 5 nitrogen and oxygen atoms in total. The first-order valence-corrected chi connectivity index (χ1v) is 6.78. The number of nitrogens with one attached hydrogen (secondary N) is 2. The van der Waals surface area contributed by atoms with Crippen molar-refractivity contribution in [1.82, 2.24) is 15.4 Å². The molecule has 0 aliphatic heterocycles. The van der Waals surface area contributed by atoms with Crippen molar-refractivity contribution in [2.45, 2.75) is 13.8 Å². The molecule has 0 unspecified atom stereocenters. The largest absolute Gasteiger partial charge is 0.322 e. The van der Waals surface area contributed by atoms with Gasteiger partial charge in [0.2, 0.25) is 5.91 Å². The van der Waals surface area contributed by atoms with Crippen molar-refractivity contribution in [1.29, 1.82) is 0 Å². The molecule has 2 N–H and O–H groups in total. The molecule has 0 aliphatic carbocycles. The molecule has 2 heterocycles. The van der Waals surface area contributed by atoms with Gasteiger partial charge in [0.15, 0.2) is 0 Å². The van der Waals surface area contributed by atoms with Crippen LogP contribution in [0.5, 0.6) is 0 Å². The van der Waals surface area contributed by atoms with Gasteiger partial charge in [0.25, 0.3) is 5.91 Å². The number of nitrogens with zero attached hydrogens (tertiary/aromatic N) is 1. The molecular formula is C13H15N3O2S. The summed E-state index contributed by atoms with van der Waals surface area (Å²) in [5.74, 6) is -0.701. The van der Waals surface area contributed by atoms with Crippen LogP contribution in [-0.4, -0.2) is 16.4 Å². The summed E-state index contributed by atoms with van der Waals surface area (Å²) in [5, 5.41) is 1.84. The highest BCUT2D eigenvalue weighted by atomic mass is 32.1. The fourth-order valence-corrected chi connectivity index (χ4v) is 2.28. The van der Waals surface area contributed by atoms with Crippen molar-refractivity contribution in [3.8, 4) is 5.69 Å². The van der Waals surface area contributed by atoms with Crippen LogP contribution in [0.25, 0.3) is 5.69 Å². The first-order chi connectivity index (χ1) is 9.09. The number of carbonyl (C=O) groups excluding carboxylic acids is 2. The number of hydrazine groups is 1. The number of amides is 2. The average Bonchev–Trinajstić information content (AvgIpc) is 3.04. The van der Waals surface area contributed by atoms with E-state index in [-0.39, 0.29) is 17.7 Å². The Bertz CT molecular complexity index is 572. The lowest BCUT2D eigenvalue weighted by Crippen LogP contribution is -2.43. The Balaban J connectivity index is 2.09. The number of aromatic nitrogens is 1. The van der Waals surface area contributed by atoms with E-state index in [2.05, 4.69) is 10.9 Å². The van der Waals surface area contributed by atoms with E-state index in [4.69, 9.17) is 0 Å². The summed E-state index contributed by atoms with van der Waals surface area (Å²) in [7, 11) is 0. The van der Waals surface area contributed by atoms with E-state index in [1.807, 2.05) is 40.5 Å². The Morgan fingerprint density at radius 1 is 1.21 bits per heavy atom. The van der Waals surface area contributed by atoms with Crippen molar-refractivity contribution in [3.05, 3.63) is 40.8 Å². The van der Waals surface area contributed by atoms with Crippen LogP contribution in [0.2, 0.25) is 0 Å². The molecule has 0 bridgehead atoms. The molecule has 0 saturated carbocycles. The zero-order valence-corrected chi connectivity index (χ0v) is 11.5. The minimum atomic E-state index is -0.312. The molecule has 6 heteroatoms. The third-order valence-electron chi connectivity index (χ3n) is 2.56. The average molecular weight is 277 g/mol. The van der Waals surface area contributed by atoms with Crippen LogP contribution in [0.1, 0.15) is 23.5 Å². The quantitative estimate of drug-likeness (QED) is 0.842. The Morgan fingerprint density at radius 3 is 2.53 bits per heavy atom. The van der Waals surface area contributed by atoms with Crippen molar-refractivity contribution in [2.75, 3.05) is 0 Å². The summed E-state index contributed by atoms with van der Waals surface area (Å²) in [4.78, 5) is 24.0. The third-order valence-corrected chi connectivity index (χ3v) is 3.46. The van der Waals surface area contributed by atoms with Crippen LogP contribution in [0.3, 0.4) is 0 Å². The standard InChI is InChI=1S/C13H15N3O2S/c1-9(2)12(17)14-15-13(18)11-10(5-8-19-11)16-6-3-4-7-16/h3-9H,1-2H3,(H,14,17)(H,15,18). The van der Waals surface area contributed by atoms with Crippen molar-refractivity contribution in [2.24, 2.45) is 5.92 Å². The van der Waals surface area contributed by atoms with Gasteiger partial charge >= 0.3 is 0 Å². The fraction of sp³-hybridized carbons (Fsp3) is 0.231. The molecule has 100 valence electrons. The van der Waals surface area contributed by atoms with Crippen LogP contribution in [-0.2, 0) is 4.79 Å². The third kappa shape index (κ3) is 3.03. The minimum absolute atomic E-state index is 0.174. The number of hydrogen-bond acceptors (Lipinski definition) is 3. The maximum absolute atomic E-state index is 12.0. The normalized spacial score (nSPS) is 10.5. The van der Waals surface area contributed by atoms with Crippen LogP contribution >= 0.6 is 11.3 Å². The summed E-state index contributed by atoms with van der Waals surface area (Å²) < 4.78 is 1.86. The number of thiophene rings is 1. The van der Waals surface area contributed by atoms with Crippen LogP contribution in [0.15, 0.2) is 36.0 Å². The predicted molar refractivity (Wildman–Crippen MR) is 74.1 cm³/mol. The molecule has 0 aliphatic rings. The van der Waals surface area contributed by atoms with Gasteiger partial charge in [0.05, 0.1) is 5.69 Å². The number of carbonyl (C=O) groups is 2. The highest BCUT2D eigenvalue weighted by Crippen LogP contribution is 2.20. The van der Waals surface area contributed by atoms with Gasteiger partial charge in [-0.05, 0) is 23.6 Å². The lowest BCUT2D eigenvalue weighted by Gasteiger charge is -2.09. The van der Waals surface area contributed by atoms with Crippen molar-refractivity contribution >= 4 is 23.2 Å². The van der Waals surface area contributed by atoms with E-state index in [9.17, 15) is 9.59 Å². The Morgan fingerprint density at radius 2 is 1.89 bits per heavy atom. The Kier molecular flexibility index (Phi) is 4.01. The van der Waals surface area contributed by atoms with Gasteiger partial charge in [-0.3, -0.25) is 20.4 Å². The van der Waals surface area contributed by atoms with Crippen LogP contribution in [0.4, 0.5) is 0 Å². The predicted octanol–water partition coefficient (Wildman–Crippen LogP) is 1.96. The Labute approximate surface area is 115 Å². The van der Waals surface area contributed by atoms with E-state index in [0.29, 0.717) is 4.88 Å². The molecule has 19 heavy (non-hydrogen) atoms. The van der Waals surface area contributed by atoms with E-state index in [0.717, 1.165) is 5.69 Å². The zero-order valence-electron chi connectivity index (χ0n) is 10.7. The second-order valence-corrected chi connectivity index (χ2v) is 5.24. The summed E-state index contributed by atoms with van der Waals surface area (Å²) in [6, 6.07) is 5.64. The minimum Gasteiger partial charge on any atom is -0.322 e. The monoisotopic (exact) mass is 277 g/mol. The fourth-order valence-electron chi connectivity index (χ4n) is 1.49. The van der Waals surface area contributed by atoms with E-state index < -0.39 is 0 Å². The second-order valence-electron chi connectivity index (χ2n) is 4.32. The molecule has 0 spiro atoms. The molecule has 0 aromatic carbocycles. The van der Waals surface area contributed by atoms with Gasteiger partial charge in [-0.2, -0.15) is 0 Å². The molecule has 0 radical (unpaired) electrons.